The fourth-order valence-electron chi connectivity index (χ4n) is 1.02. The first kappa shape index (κ1) is 5.12. The van der Waals surface area contributed by atoms with Gasteiger partial charge in [0.1, 0.15) is 0 Å². The van der Waals surface area contributed by atoms with Crippen molar-refractivity contribution in [3.63, 3.8) is 0 Å². The van der Waals surface area contributed by atoms with Crippen molar-refractivity contribution in [3.05, 3.63) is 0 Å². The molecule has 0 spiro atoms. The van der Waals surface area contributed by atoms with Crippen molar-refractivity contribution < 1.29 is 13.6 Å². The van der Waals surface area contributed by atoms with Crippen molar-refractivity contribution in [1.29, 1.82) is 0 Å². The molecule has 3 nitrogen and oxygen atoms in total. The Balaban J connectivity index is 2.19. The van der Waals surface area contributed by atoms with Crippen molar-refractivity contribution in [1.82, 2.24) is 0 Å². The summed E-state index contributed by atoms with van der Waals surface area (Å²) in [6, 6.07) is 0. The molecule has 2 aliphatic rings. The van der Waals surface area contributed by atoms with Gasteiger partial charge in [0.05, 0.1) is 0 Å². The summed E-state index contributed by atoms with van der Waals surface area (Å²) in [7, 11) is -1.99. The summed E-state index contributed by atoms with van der Waals surface area (Å²) in [6.45, 7) is 3.44. The Morgan fingerprint density at radius 2 is 2.00 bits per heavy atom. The van der Waals surface area contributed by atoms with Gasteiger partial charge in [-0.1, -0.05) is 0 Å². The Bertz CT molecular complexity index is 108. The first-order valence-electron chi connectivity index (χ1n) is 2.74. The molecule has 2 aliphatic heterocycles. The molecule has 0 saturated carbocycles. The zero-order valence-corrected chi connectivity index (χ0v) is 5.72. The van der Waals surface area contributed by atoms with E-state index < -0.39 is 7.94 Å². The third-order valence-electron chi connectivity index (χ3n) is 1.44. The van der Waals surface area contributed by atoms with Crippen LogP contribution in [0.25, 0.3) is 0 Å². The minimum atomic E-state index is -1.99. The van der Waals surface area contributed by atoms with E-state index in [4.69, 9.17) is 13.6 Å². The van der Waals surface area contributed by atoms with Gasteiger partial charge in [0, 0.05) is 0 Å². The number of hydrogen-bond acceptors (Lipinski definition) is 3. The van der Waals surface area contributed by atoms with Gasteiger partial charge in [-0.2, -0.15) is 0 Å². The van der Waals surface area contributed by atoms with Crippen molar-refractivity contribution in [2.24, 2.45) is 0 Å². The first-order chi connectivity index (χ1) is 3.79. The Hall–Kier alpha value is 0.310. The SMILES string of the molecule is C[PH]12OCC(CO1)O2. The maximum absolute atomic E-state index is 5.35. The molecule has 0 radical (unpaired) electrons. The third kappa shape index (κ3) is 0.594. The van der Waals surface area contributed by atoms with Crippen LogP contribution in [0.15, 0.2) is 0 Å². The van der Waals surface area contributed by atoms with E-state index in [1.807, 2.05) is 6.66 Å². The molecule has 0 N–H and O–H groups in total. The Labute approximate surface area is 48.5 Å². The molecule has 2 rings (SSSR count). The molecule has 2 saturated heterocycles. The van der Waals surface area contributed by atoms with Crippen molar-refractivity contribution in [2.45, 2.75) is 6.10 Å². The predicted octanol–water partition coefficient (Wildman–Crippen LogP) is 0.557. The van der Waals surface area contributed by atoms with E-state index in [0.29, 0.717) is 0 Å². The Morgan fingerprint density at radius 3 is 2.12 bits per heavy atom. The molecule has 2 fully saturated rings. The summed E-state index contributed by atoms with van der Waals surface area (Å²) in [5.74, 6) is 0. The molecule has 0 aliphatic carbocycles. The molecule has 4 heteroatoms. The zero-order valence-electron chi connectivity index (χ0n) is 4.72. The molecule has 0 aromatic carbocycles. The van der Waals surface area contributed by atoms with Crippen LogP contribution < -0.4 is 0 Å². The number of rotatable bonds is 0. The van der Waals surface area contributed by atoms with Gasteiger partial charge in [0.25, 0.3) is 0 Å². The monoisotopic (exact) mass is 136 g/mol. The van der Waals surface area contributed by atoms with Crippen LogP contribution in [0.4, 0.5) is 0 Å². The average Bonchev–Trinajstić information content (AvgIpc) is 2.21. The minimum absolute atomic E-state index is 0.256. The summed E-state index contributed by atoms with van der Waals surface area (Å²) < 4.78 is 15.8. The molecule has 8 heavy (non-hydrogen) atoms. The van der Waals surface area contributed by atoms with Gasteiger partial charge >= 0.3 is 47.5 Å². The third-order valence-corrected chi connectivity index (χ3v) is 3.59. The fourth-order valence-corrected chi connectivity index (χ4v) is 2.96. The second kappa shape index (κ2) is 1.42. The van der Waals surface area contributed by atoms with Crippen LogP contribution in [-0.4, -0.2) is 26.0 Å². The van der Waals surface area contributed by atoms with Gasteiger partial charge in [-0.05, 0) is 0 Å². The van der Waals surface area contributed by atoms with E-state index >= 15 is 0 Å². The van der Waals surface area contributed by atoms with Gasteiger partial charge < -0.3 is 0 Å². The molecule has 0 aromatic heterocycles. The van der Waals surface area contributed by atoms with E-state index in [9.17, 15) is 0 Å². The molecule has 2 bridgehead atoms. The average molecular weight is 136 g/mol. The number of hydrogen-bond donors (Lipinski definition) is 0. The molecule has 0 unspecified atom stereocenters. The van der Waals surface area contributed by atoms with E-state index in [1.54, 1.807) is 0 Å². The van der Waals surface area contributed by atoms with Gasteiger partial charge in [0.15, 0.2) is 0 Å². The molecule has 48 valence electrons. The molecule has 0 atom stereocenters. The van der Waals surface area contributed by atoms with Crippen LogP contribution in [0.2, 0.25) is 0 Å². The molecule has 0 amide bonds. The van der Waals surface area contributed by atoms with Gasteiger partial charge in [-0.15, -0.1) is 0 Å². The van der Waals surface area contributed by atoms with Crippen molar-refractivity contribution in [3.8, 4) is 0 Å². The van der Waals surface area contributed by atoms with Gasteiger partial charge in [0.2, 0.25) is 0 Å². The Morgan fingerprint density at radius 1 is 1.38 bits per heavy atom. The summed E-state index contributed by atoms with van der Waals surface area (Å²) in [4.78, 5) is 0. The topological polar surface area (TPSA) is 27.7 Å². The van der Waals surface area contributed by atoms with Crippen LogP contribution >= 0.6 is 7.94 Å². The summed E-state index contributed by atoms with van der Waals surface area (Å²) >= 11 is 0. The summed E-state index contributed by atoms with van der Waals surface area (Å²) in [6.07, 6.45) is 0.256. The maximum atomic E-state index is 5.35. The van der Waals surface area contributed by atoms with E-state index in [1.165, 1.54) is 0 Å². The van der Waals surface area contributed by atoms with Gasteiger partial charge in [-0.3, -0.25) is 0 Å². The van der Waals surface area contributed by atoms with Crippen LogP contribution in [0.3, 0.4) is 0 Å². The van der Waals surface area contributed by atoms with Gasteiger partial charge in [-0.25, -0.2) is 0 Å². The first-order valence-corrected chi connectivity index (χ1v) is 4.97. The molecular weight excluding hydrogens is 127 g/mol. The predicted molar refractivity (Wildman–Crippen MR) is 31.0 cm³/mol. The van der Waals surface area contributed by atoms with Crippen LogP contribution in [0, 0.1) is 0 Å². The van der Waals surface area contributed by atoms with Crippen molar-refractivity contribution in [2.75, 3.05) is 19.9 Å². The van der Waals surface area contributed by atoms with E-state index in [0.717, 1.165) is 13.2 Å². The number of fused-ring (bicyclic) bond motifs is 2. The summed E-state index contributed by atoms with van der Waals surface area (Å²) in [5, 5.41) is 0. The van der Waals surface area contributed by atoms with E-state index in [-0.39, 0.29) is 6.10 Å². The van der Waals surface area contributed by atoms with Crippen LogP contribution in [0.1, 0.15) is 0 Å². The molecule has 0 aromatic rings. The summed E-state index contributed by atoms with van der Waals surface area (Å²) in [5.41, 5.74) is 0. The normalized spacial score (nSPS) is 44.9. The standard InChI is InChI=1S/C4H9O3P/c1-8-5-2-4(7-8)3-6-8/h4,8H,2-3H2,1H3. The molecular formula is C4H9O3P. The van der Waals surface area contributed by atoms with Crippen LogP contribution in [0.5, 0.6) is 0 Å². The zero-order chi connectivity index (χ0) is 5.61. The van der Waals surface area contributed by atoms with E-state index in [2.05, 4.69) is 0 Å². The second-order valence-electron chi connectivity index (χ2n) is 2.22. The second-order valence-corrected chi connectivity index (χ2v) is 4.76. The molecule has 2 heterocycles. The Kier molecular flexibility index (Phi) is 0.910. The quantitative estimate of drug-likeness (QED) is 0.455. The fraction of sp³-hybridized carbons (Fsp3) is 1.00. The van der Waals surface area contributed by atoms with Crippen LogP contribution in [-0.2, 0) is 13.6 Å². The van der Waals surface area contributed by atoms with Crippen molar-refractivity contribution >= 4 is 7.94 Å².